The smallest absolute Gasteiger partial charge is 0.374 e. The molecule has 1 saturated carbocycles. The first kappa shape index (κ1) is 15.2. The van der Waals surface area contributed by atoms with Crippen molar-refractivity contribution in [2.75, 3.05) is 7.05 Å². The predicted molar refractivity (Wildman–Crippen MR) is 75.1 cm³/mol. The van der Waals surface area contributed by atoms with E-state index in [1.165, 1.54) is 13.2 Å². The maximum Gasteiger partial charge on any atom is 0.421 e. The average Bonchev–Trinajstić information content (AvgIpc) is 3.20. The van der Waals surface area contributed by atoms with Crippen LogP contribution in [0, 0.1) is 0 Å². The normalized spacial score (nSPS) is 25.4. The highest BCUT2D eigenvalue weighted by Gasteiger charge is 2.43. The fraction of sp³-hybridized carbons (Fsp3) is 0.500. The molecular formula is C12H14ClF3N6. The molecule has 1 fully saturated rings. The Hall–Kier alpha value is -1.74. The number of aliphatic imine (C=N–C) groups is 1. The third kappa shape index (κ3) is 2.44. The lowest BCUT2D eigenvalue weighted by atomic mass is 10.1. The number of alkyl halides is 3. The summed E-state index contributed by atoms with van der Waals surface area (Å²) in [5.41, 5.74) is 5.49. The van der Waals surface area contributed by atoms with Crippen molar-refractivity contribution in [1.29, 1.82) is 0 Å². The minimum absolute atomic E-state index is 0.225. The SMILES string of the molecule is CNC1=C(C(F)(F)F)C=NC(N)(c2cnn(C3CC3)c2Cl)N1. The Morgan fingerprint density at radius 3 is 2.73 bits per heavy atom. The van der Waals surface area contributed by atoms with Crippen LogP contribution in [-0.4, -0.2) is 29.2 Å². The molecule has 0 spiro atoms. The van der Waals surface area contributed by atoms with Crippen molar-refractivity contribution < 1.29 is 13.2 Å². The van der Waals surface area contributed by atoms with Crippen molar-refractivity contribution in [2.24, 2.45) is 10.7 Å². The molecule has 4 N–H and O–H groups in total. The molecule has 2 aliphatic rings. The number of hydrogen-bond acceptors (Lipinski definition) is 5. The molecule has 0 radical (unpaired) electrons. The van der Waals surface area contributed by atoms with E-state index in [2.05, 4.69) is 20.7 Å². The van der Waals surface area contributed by atoms with Gasteiger partial charge in [-0.3, -0.25) is 10.4 Å². The third-order valence-electron chi connectivity index (χ3n) is 3.58. The highest BCUT2D eigenvalue weighted by Crippen LogP contribution is 2.39. The number of hydrogen-bond donors (Lipinski definition) is 3. The molecular weight excluding hydrogens is 321 g/mol. The molecule has 1 aliphatic carbocycles. The number of rotatable bonds is 3. The molecule has 120 valence electrons. The van der Waals surface area contributed by atoms with Gasteiger partial charge in [0.1, 0.15) is 16.5 Å². The molecule has 22 heavy (non-hydrogen) atoms. The molecule has 1 aromatic rings. The van der Waals surface area contributed by atoms with Crippen LogP contribution in [0.5, 0.6) is 0 Å². The Bertz CT molecular complexity index is 660. The van der Waals surface area contributed by atoms with Gasteiger partial charge >= 0.3 is 6.18 Å². The number of nitrogens with two attached hydrogens (primary N) is 1. The molecule has 1 unspecified atom stereocenters. The van der Waals surface area contributed by atoms with Gasteiger partial charge in [0.2, 0.25) is 5.79 Å². The molecule has 1 aromatic heterocycles. The van der Waals surface area contributed by atoms with Crippen molar-refractivity contribution in [3.8, 4) is 0 Å². The first-order valence-corrected chi connectivity index (χ1v) is 6.99. The van der Waals surface area contributed by atoms with Gasteiger partial charge in [0.15, 0.2) is 0 Å². The van der Waals surface area contributed by atoms with Crippen LogP contribution in [0.15, 0.2) is 22.6 Å². The zero-order valence-corrected chi connectivity index (χ0v) is 12.3. The first-order valence-electron chi connectivity index (χ1n) is 6.61. The van der Waals surface area contributed by atoms with Gasteiger partial charge in [0, 0.05) is 13.3 Å². The fourth-order valence-electron chi connectivity index (χ4n) is 2.25. The van der Waals surface area contributed by atoms with E-state index in [-0.39, 0.29) is 17.0 Å². The summed E-state index contributed by atoms with van der Waals surface area (Å²) in [6.45, 7) is 0. The number of allylic oxidation sites excluding steroid dienone is 1. The van der Waals surface area contributed by atoms with Crippen molar-refractivity contribution in [1.82, 2.24) is 20.4 Å². The van der Waals surface area contributed by atoms with Crippen LogP contribution in [0.4, 0.5) is 13.2 Å². The third-order valence-corrected chi connectivity index (χ3v) is 3.95. The standard InChI is InChI=1S/C12H14ClF3N6/c1-18-10-8(11(14,15)16)4-19-12(17,21-10)7-5-20-22(9(7)13)6-2-3-6/h4-6,18,21H,2-3,17H2,1H3. The Morgan fingerprint density at radius 1 is 1.50 bits per heavy atom. The summed E-state index contributed by atoms with van der Waals surface area (Å²) in [6, 6.07) is 0.225. The topological polar surface area (TPSA) is 80.3 Å². The van der Waals surface area contributed by atoms with Gasteiger partial charge in [-0.25, -0.2) is 4.99 Å². The molecule has 10 heteroatoms. The number of nitrogens with zero attached hydrogens (tertiary/aromatic N) is 3. The van der Waals surface area contributed by atoms with Crippen LogP contribution in [0.3, 0.4) is 0 Å². The van der Waals surface area contributed by atoms with Crippen LogP contribution in [0.2, 0.25) is 5.15 Å². The van der Waals surface area contributed by atoms with Gasteiger partial charge in [-0.15, -0.1) is 0 Å². The highest BCUT2D eigenvalue weighted by molar-refractivity contribution is 6.30. The van der Waals surface area contributed by atoms with E-state index >= 15 is 0 Å². The fourth-order valence-corrected chi connectivity index (χ4v) is 2.62. The van der Waals surface area contributed by atoms with Crippen molar-refractivity contribution in [3.63, 3.8) is 0 Å². The first-order chi connectivity index (χ1) is 10.3. The summed E-state index contributed by atoms with van der Waals surface area (Å²) in [5.74, 6) is -1.86. The zero-order valence-electron chi connectivity index (χ0n) is 11.6. The monoisotopic (exact) mass is 334 g/mol. The summed E-state index contributed by atoms with van der Waals surface area (Å²) >= 11 is 6.25. The van der Waals surface area contributed by atoms with Gasteiger partial charge in [-0.05, 0) is 12.8 Å². The van der Waals surface area contributed by atoms with E-state index in [9.17, 15) is 13.2 Å². The van der Waals surface area contributed by atoms with Gasteiger partial charge in [0.25, 0.3) is 0 Å². The molecule has 2 heterocycles. The summed E-state index contributed by atoms with van der Waals surface area (Å²) in [6.07, 6.45) is -0.480. The van der Waals surface area contributed by atoms with Crippen LogP contribution in [0.1, 0.15) is 24.4 Å². The second-order valence-corrected chi connectivity index (χ2v) is 5.57. The summed E-state index contributed by atoms with van der Waals surface area (Å²) in [5, 5.41) is 9.44. The van der Waals surface area contributed by atoms with Crippen LogP contribution in [-0.2, 0) is 5.79 Å². The molecule has 6 nitrogen and oxygen atoms in total. The maximum absolute atomic E-state index is 12.9. The van der Waals surface area contributed by atoms with E-state index in [1.54, 1.807) is 4.68 Å². The Labute approximate surface area is 129 Å². The molecule has 0 aromatic carbocycles. The van der Waals surface area contributed by atoms with Crippen molar-refractivity contribution in [3.05, 3.63) is 28.3 Å². The van der Waals surface area contributed by atoms with E-state index in [4.69, 9.17) is 17.3 Å². The van der Waals surface area contributed by atoms with Crippen LogP contribution >= 0.6 is 11.6 Å². The molecule has 3 rings (SSSR count). The van der Waals surface area contributed by atoms with E-state index in [0.29, 0.717) is 11.8 Å². The summed E-state index contributed by atoms with van der Waals surface area (Å²) in [7, 11) is 1.36. The van der Waals surface area contributed by atoms with Gasteiger partial charge in [0.05, 0.1) is 17.8 Å². The average molecular weight is 335 g/mol. The lowest BCUT2D eigenvalue weighted by Crippen LogP contribution is -2.53. The van der Waals surface area contributed by atoms with Crippen LogP contribution in [0.25, 0.3) is 0 Å². The van der Waals surface area contributed by atoms with Gasteiger partial charge < -0.3 is 10.6 Å². The second kappa shape index (κ2) is 4.88. The lowest BCUT2D eigenvalue weighted by molar-refractivity contribution is -0.0875. The number of aromatic nitrogens is 2. The minimum atomic E-state index is -4.54. The highest BCUT2D eigenvalue weighted by atomic mass is 35.5. The lowest BCUT2D eigenvalue weighted by Gasteiger charge is -2.32. The number of halogens is 4. The quantitative estimate of drug-likeness (QED) is 0.784. The molecule has 0 bridgehead atoms. The molecule has 1 atom stereocenters. The Morgan fingerprint density at radius 2 is 2.18 bits per heavy atom. The van der Waals surface area contributed by atoms with Crippen LogP contribution < -0.4 is 16.4 Å². The van der Waals surface area contributed by atoms with E-state index in [0.717, 1.165) is 12.8 Å². The minimum Gasteiger partial charge on any atom is -0.374 e. The summed E-state index contributed by atoms with van der Waals surface area (Å²) < 4.78 is 40.4. The van der Waals surface area contributed by atoms with Gasteiger partial charge in [-0.1, -0.05) is 11.6 Å². The van der Waals surface area contributed by atoms with Gasteiger partial charge in [-0.2, -0.15) is 18.3 Å². The summed E-state index contributed by atoms with van der Waals surface area (Å²) in [4.78, 5) is 3.82. The predicted octanol–water partition coefficient (Wildman–Crippen LogP) is 1.61. The molecule has 0 amide bonds. The maximum atomic E-state index is 12.9. The van der Waals surface area contributed by atoms with Crippen molar-refractivity contribution in [2.45, 2.75) is 30.8 Å². The largest absolute Gasteiger partial charge is 0.421 e. The zero-order chi connectivity index (χ0) is 16.1. The second-order valence-electron chi connectivity index (χ2n) is 5.21. The van der Waals surface area contributed by atoms with Crippen molar-refractivity contribution >= 4 is 17.8 Å². The molecule has 0 saturated heterocycles. The number of nitrogens with one attached hydrogen (secondary N) is 2. The Balaban J connectivity index is 1.96. The molecule has 1 aliphatic heterocycles. The van der Waals surface area contributed by atoms with E-state index < -0.39 is 17.5 Å². The Kier molecular flexibility index (Phi) is 3.37. The van der Waals surface area contributed by atoms with E-state index in [1.807, 2.05) is 0 Å².